The molecule has 1 unspecified atom stereocenters. The van der Waals surface area contributed by atoms with E-state index in [4.69, 9.17) is 4.74 Å². The molecule has 0 aliphatic carbocycles. The number of carbonyl (C=O) groups excluding carboxylic acids is 2. The molecular formula is C14H25NO4. The zero-order valence-corrected chi connectivity index (χ0v) is 12.9. The Kier molecular flexibility index (Phi) is 6.76. The lowest BCUT2D eigenvalue weighted by molar-refractivity contribution is -0.138. The molecule has 0 aromatic rings. The summed E-state index contributed by atoms with van der Waals surface area (Å²) in [6, 6.07) is 0. The van der Waals surface area contributed by atoms with Gasteiger partial charge in [-0.2, -0.15) is 0 Å². The maximum atomic E-state index is 11.2. The first-order valence-corrected chi connectivity index (χ1v) is 6.26. The smallest absolute Gasteiger partial charge is 0.293 e. The van der Waals surface area contributed by atoms with E-state index in [2.05, 4.69) is 18.6 Å². The molecule has 1 heterocycles. The molecule has 0 N–H and O–H groups in total. The Morgan fingerprint density at radius 3 is 2.11 bits per heavy atom. The van der Waals surface area contributed by atoms with Crippen LogP contribution in [0.1, 0.15) is 34.6 Å². The predicted molar refractivity (Wildman–Crippen MR) is 73.4 cm³/mol. The molecule has 0 aromatic heterocycles. The van der Waals surface area contributed by atoms with E-state index in [0.29, 0.717) is 12.4 Å². The van der Waals surface area contributed by atoms with Crippen LogP contribution < -0.4 is 0 Å². The van der Waals surface area contributed by atoms with Gasteiger partial charge in [-0.25, -0.2) is 0 Å². The first kappa shape index (κ1) is 17.6. The molecule has 1 aliphatic rings. The van der Waals surface area contributed by atoms with Gasteiger partial charge in [0.05, 0.1) is 0 Å². The number of methoxy groups -OCH3 is 1. The van der Waals surface area contributed by atoms with E-state index < -0.39 is 0 Å². The summed E-state index contributed by atoms with van der Waals surface area (Å²) < 4.78 is 9.75. The van der Waals surface area contributed by atoms with Crippen molar-refractivity contribution in [1.29, 1.82) is 0 Å². The minimum absolute atomic E-state index is 0.0329. The summed E-state index contributed by atoms with van der Waals surface area (Å²) in [7, 11) is 3.37. The maximum Gasteiger partial charge on any atom is 0.293 e. The fourth-order valence-corrected chi connectivity index (χ4v) is 1.55. The average Bonchev–Trinajstić information content (AvgIpc) is 2.54. The minimum Gasteiger partial charge on any atom is -0.462 e. The number of hydrogen-bond acceptors (Lipinski definition) is 4. The number of hydrogen-bond donors (Lipinski definition) is 0. The van der Waals surface area contributed by atoms with Crippen LogP contribution in [0.15, 0.2) is 11.6 Å². The first-order chi connectivity index (χ1) is 8.64. The van der Waals surface area contributed by atoms with Crippen LogP contribution in [-0.2, 0) is 19.1 Å². The molecule has 19 heavy (non-hydrogen) atoms. The van der Waals surface area contributed by atoms with E-state index in [-0.39, 0.29) is 17.7 Å². The second kappa shape index (κ2) is 7.28. The molecule has 1 atom stereocenters. The number of ether oxygens (including phenoxy) is 2. The average molecular weight is 271 g/mol. The van der Waals surface area contributed by atoms with Crippen LogP contribution in [0.4, 0.5) is 0 Å². The fraction of sp³-hybridized carbons (Fsp3) is 0.714. The Balaban J connectivity index is 0.000000399. The largest absolute Gasteiger partial charge is 0.462 e. The standard InChI is InChI=1S/C9H15NO2.C5H10O2/c1-6(2)7-5-8(11)10(3)9(7)12-4;1-5(2,3)7-4-6/h5-6,9H,1-4H3;4H,1-3H3. The number of likely N-dealkylation sites (N-methyl/N-ethyl adjacent to an activating group) is 1. The van der Waals surface area contributed by atoms with Gasteiger partial charge in [-0.05, 0) is 32.3 Å². The van der Waals surface area contributed by atoms with Crippen LogP contribution in [0.2, 0.25) is 0 Å². The molecule has 0 radical (unpaired) electrons. The van der Waals surface area contributed by atoms with Crippen molar-refractivity contribution in [3.8, 4) is 0 Å². The highest BCUT2D eigenvalue weighted by Gasteiger charge is 2.30. The van der Waals surface area contributed by atoms with E-state index in [1.807, 2.05) is 20.8 Å². The maximum absolute atomic E-state index is 11.2. The zero-order chi connectivity index (χ0) is 15.2. The number of carbonyl (C=O) groups is 2. The molecule has 1 rings (SSSR count). The first-order valence-electron chi connectivity index (χ1n) is 6.26. The van der Waals surface area contributed by atoms with Crippen molar-refractivity contribution in [3.63, 3.8) is 0 Å². The van der Waals surface area contributed by atoms with Gasteiger partial charge in [0.1, 0.15) is 5.60 Å². The zero-order valence-electron chi connectivity index (χ0n) is 12.9. The van der Waals surface area contributed by atoms with E-state index in [1.54, 1.807) is 25.1 Å². The Morgan fingerprint density at radius 1 is 1.37 bits per heavy atom. The van der Waals surface area contributed by atoms with Crippen molar-refractivity contribution in [3.05, 3.63) is 11.6 Å². The molecule has 0 saturated carbocycles. The highest BCUT2D eigenvalue weighted by atomic mass is 16.5. The van der Waals surface area contributed by atoms with Crippen LogP contribution in [0.5, 0.6) is 0 Å². The third-order valence-corrected chi connectivity index (χ3v) is 2.57. The van der Waals surface area contributed by atoms with Gasteiger partial charge in [0.25, 0.3) is 6.47 Å². The van der Waals surface area contributed by atoms with Crippen LogP contribution in [-0.4, -0.2) is 43.3 Å². The van der Waals surface area contributed by atoms with E-state index in [1.165, 1.54) is 0 Å². The summed E-state index contributed by atoms with van der Waals surface area (Å²) in [5.41, 5.74) is 0.742. The lowest BCUT2D eigenvalue weighted by atomic mass is 10.0. The van der Waals surface area contributed by atoms with E-state index in [9.17, 15) is 9.59 Å². The molecule has 5 heteroatoms. The summed E-state index contributed by atoms with van der Waals surface area (Å²) >= 11 is 0. The van der Waals surface area contributed by atoms with Gasteiger partial charge in [0.15, 0.2) is 6.23 Å². The number of nitrogens with zero attached hydrogens (tertiary/aromatic N) is 1. The van der Waals surface area contributed by atoms with Gasteiger partial charge >= 0.3 is 0 Å². The van der Waals surface area contributed by atoms with Crippen LogP contribution >= 0.6 is 0 Å². The van der Waals surface area contributed by atoms with Gasteiger partial charge in [0.2, 0.25) is 5.91 Å². The van der Waals surface area contributed by atoms with Gasteiger partial charge in [0, 0.05) is 20.2 Å². The van der Waals surface area contributed by atoms with Crippen LogP contribution in [0, 0.1) is 5.92 Å². The molecule has 1 aliphatic heterocycles. The van der Waals surface area contributed by atoms with Crippen molar-refractivity contribution >= 4 is 12.4 Å². The summed E-state index contributed by atoms with van der Waals surface area (Å²) in [6.45, 7) is 10.0. The Bertz CT molecular complexity index is 342. The Labute approximate surface area is 115 Å². The third-order valence-electron chi connectivity index (χ3n) is 2.57. The SMILES string of the molecule is CC(C)(C)OC=O.COC1C(C(C)C)=CC(=O)N1C. The molecular weight excluding hydrogens is 246 g/mol. The third kappa shape index (κ3) is 5.87. The molecule has 1 amide bonds. The molecule has 0 bridgehead atoms. The number of amides is 1. The van der Waals surface area contributed by atoms with Gasteiger partial charge < -0.3 is 14.4 Å². The van der Waals surface area contributed by atoms with Crippen LogP contribution in [0.25, 0.3) is 0 Å². The topological polar surface area (TPSA) is 55.8 Å². The lowest BCUT2D eigenvalue weighted by Crippen LogP contribution is -2.33. The molecule has 0 aromatic carbocycles. The highest BCUT2D eigenvalue weighted by Crippen LogP contribution is 2.24. The van der Waals surface area contributed by atoms with Crippen molar-refractivity contribution in [1.82, 2.24) is 4.90 Å². The van der Waals surface area contributed by atoms with Gasteiger partial charge in [-0.1, -0.05) is 13.8 Å². The Morgan fingerprint density at radius 2 is 1.89 bits per heavy atom. The normalized spacial score (nSPS) is 18.9. The summed E-state index contributed by atoms with van der Waals surface area (Å²) in [5, 5.41) is 0. The van der Waals surface area contributed by atoms with Crippen molar-refractivity contribution < 1.29 is 19.1 Å². The molecule has 0 fully saturated rings. The molecule has 5 nitrogen and oxygen atoms in total. The second-order valence-corrected chi connectivity index (χ2v) is 5.66. The monoisotopic (exact) mass is 271 g/mol. The highest BCUT2D eigenvalue weighted by molar-refractivity contribution is 5.91. The summed E-state index contributed by atoms with van der Waals surface area (Å²) in [5.74, 6) is 0.398. The van der Waals surface area contributed by atoms with Gasteiger partial charge in [-0.15, -0.1) is 0 Å². The molecule has 110 valence electrons. The summed E-state index contributed by atoms with van der Waals surface area (Å²) in [6.07, 6.45) is 1.51. The van der Waals surface area contributed by atoms with Gasteiger partial charge in [-0.3, -0.25) is 9.59 Å². The lowest BCUT2D eigenvalue weighted by Gasteiger charge is -2.23. The Hall–Kier alpha value is -1.36. The van der Waals surface area contributed by atoms with Crippen LogP contribution in [0.3, 0.4) is 0 Å². The van der Waals surface area contributed by atoms with Crippen molar-refractivity contribution in [2.45, 2.75) is 46.4 Å². The van der Waals surface area contributed by atoms with E-state index >= 15 is 0 Å². The second-order valence-electron chi connectivity index (χ2n) is 5.66. The van der Waals surface area contributed by atoms with E-state index in [0.717, 1.165) is 5.57 Å². The fourth-order valence-electron chi connectivity index (χ4n) is 1.55. The van der Waals surface area contributed by atoms with Crippen molar-refractivity contribution in [2.24, 2.45) is 5.92 Å². The minimum atomic E-state index is -0.318. The molecule has 0 spiro atoms. The summed E-state index contributed by atoms with van der Waals surface area (Å²) in [4.78, 5) is 22.4. The molecule has 0 saturated heterocycles. The van der Waals surface area contributed by atoms with Crippen molar-refractivity contribution in [2.75, 3.05) is 14.2 Å². The quantitative estimate of drug-likeness (QED) is 0.736. The predicted octanol–water partition coefficient (Wildman–Crippen LogP) is 1.97. The number of rotatable bonds is 3.